The molecule has 0 saturated carbocycles. The molecule has 1 heterocycles. The van der Waals surface area contributed by atoms with Gasteiger partial charge in [0.25, 0.3) is 0 Å². The fourth-order valence-corrected chi connectivity index (χ4v) is 2.54. The molecule has 14 heavy (non-hydrogen) atoms. The second-order valence-electron chi connectivity index (χ2n) is 3.20. The van der Waals surface area contributed by atoms with Crippen LogP contribution in [-0.4, -0.2) is 0 Å². The lowest BCUT2D eigenvalue weighted by Crippen LogP contribution is -1.84. The second-order valence-corrected chi connectivity index (χ2v) is 4.12. The lowest BCUT2D eigenvalue weighted by atomic mass is 10.1. The van der Waals surface area contributed by atoms with Crippen molar-refractivity contribution in [2.45, 2.75) is 13.3 Å². The SMILES string of the molecule is Cc1cc(CC#N)cc2scc(F)c12. The van der Waals surface area contributed by atoms with E-state index >= 15 is 0 Å². The Morgan fingerprint density at radius 1 is 1.50 bits per heavy atom. The molecule has 2 aromatic rings. The van der Waals surface area contributed by atoms with Gasteiger partial charge in [-0.25, -0.2) is 4.39 Å². The van der Waals surface area contributed by atoms with Crippen LogP contribution in [0.3, 0.4) is 0 Å². The minimum Gasteiger partial charge on any atom is -0.205 e. The number of thiophene rings is 1. The molecule has 0 fully saturated rings. The molecule has 1 aromatic heterocycles. The van der Waals surface area contributed by atoms with E-state index in [0.29, 0.717) is 11.8 Å². The Kier molecular flexibility index (Phi) is 2.22. The molecular weight excluding hydrogens is 197 g/mol. The largest absolute Gasteiger partial charge is 0.205 e. The van der Waals surface area contributed by atoms with Crippen LogP contribution in [-0.2, 0) is 6.42 Å². The number of fused-ring (bicyclic) bond motifs is 1. The Morgan fingerprint density at radius 3 is 3.00 bits per heavy atom. The number of hydrogen-bond donors (Lipinski definition) is 0. The average molecular weight is 205 g/mol. The van der Waals surface area contributed by atoms with Gasteiger partial charge < -0.3 is 0 Å². The van der Waals surface area contributed by atoms with Crippen molar-refractivity contribution in [2.24, 2.45) is 0 Å². The maximum atomic E-state index is 13.3. The van der Waals surface area contributed by atoms with Crippen molar-refractivity contribution >= 4 is 21.4 Å². The number of rotatable bonds is 1. The van der Waals surface area contributed by atoms with Crippen LogP contribution in [0.25, 0.3) is 10.1 Å². The minimum atomic E-state index is -0.161. The summed E-state index contributed by atoms with van der Waals surface area (Å²) in [6.07, 6.45) is 0.385. The fourth-order valence-electron chi connectivity index (χ4n) is 1.59. The molecule has 0 amide bonds. The number of aryl methyl sites for hydroxylation is 1. The maximum Gasteiger partial charge on any atom is 0.141 e. The van der Waals surface area contributed by atoms with Crippen LogP contribution in [0, 0.1) is 24.1 Å². The van der Waals surface area contributed by atoms with E-state index in [-0.39, 0.29) is 5.82 Å². The summed E-state index contributed by atoms with van der Waals surface area (Å²) < 4.78 is 14.2. The van der Waals surface area contributed by atoms with Gasteiger partial charge >= 0.3 is 0 Å². The lowest BCUT2D eigenvalue weighted by Gasteiger charge is -2.00. The first-order valence-electron chi connectivity index (χ1n) is 4.25. The highest BCUT2D eigenvalue weighted by Crippen LogP contribution is 2.29. The predicted molar refractivity (Wildman–Crippen MR) is 55.8 cm³/mol. The summed E-state index contributed by atoms with van der Waals surface area (Å²) in [5.74, 6) is -0.161. The Labute approximate surface area is 85.4 Å². The third kappa shape index (κ3) is 1.38. The molecule has 3 heteroatoms. The zero-order valence-electron chi connectivity index (χ0n) is 7.67. The van der Waals surface area contributed by atoms with E-state index < -0.39 is 0 Å². The maximum absolute atomic E-state index is 13.3. The summed E-state index contributed by atoms with van der Waals surface area (Å²) in [4.78, 5) is 0. The van der Waals surface area contributed by atoms with Gasteiger partial charge in [0.1, 0.15) is 5.82 Å². The lowest BCUT2D eigenvalue weighted by molar-refractivity contribution is 0.643. The number of benzene rings is 1. The van der Waals surface area contributed by atoms with Crippen molar-refractivity contribution in [1.29, 1.82) is 5.26 Å². The van der Waals surface area contributed by atoms with Gasteiger partial charge in [-0.1, -0.05) is 6.07 Å². The van der Waals surface area contributed by atoms with Crippen molar-refractivity contribution < 1.29 is 4.39 Å². The van der Waals surface area contributed by atoms with Gasteiger partial charge in [-0.15, -0.1) is 11.3 Å². The summed E-state index contributed by atoms with van der Waals surface area (Å²) in [5, 5.41) is 10.8. The quantitative estimate of drug-likeness (QED) is 0.699. The van der Waals surface area contributed by atoms with Crippen LogP contribution in [0.2, 0.25) is 0 Å². The third-order valence-electron chi connectivity index (χ3n) is 2.17. The van der Waals surface area contributed by atoms with E-state index in [9.17, 15) is 4.39 Å². The van der Waals surface area contributed by atoms with Crippen molar-refractivity contribution in [3.63, 3.8) is 0 Å². The van der Waals surface area contributed by atoms with Gasteiger partial charge in [0.15, 0.2) is 0 Å². The monoisotopic (exact) mass is 205 g/mol. The van der Waals surface area contributed by atoms with Gasteiger partial charge in [-0.3, -0.25) is 0 Å². The Balaban J connectivity index is 2.69. The molecule has 1 nitrogen and oxygen atoms in total. The third-order valence-corrected chi connectivity index (χ3v) is 3.07. The van der Waals surface area contributed by atoms with Crippen LogP contribution >= 0.6 is 11.3 Å². The number of hydrogen-bond acceptors (Lipinski definition) is 2. The number of halogens is 1. The Morgan fingerprint density at radius 2 is 2.29 bits per heavy atom. The molecule has 2 rings (SSSR count). The molecule has 0 atom stereocenters. The van der Waals surface area contributed by atoms with Crippen molar-refractivity contribution in [3.8, 4) is 6.07 Å². The van der Waals surface area contributed by atoms with E-state index in [4.69, 9.17) is 5.26 Å². The van der Waals surface area contributed by atoms with Crippen molar-refractivity contribution in [1.82, 2.24) is 0 Å². The fraction of sp³-hybridized carbons (Fsp3) is 0.182. The summed E-state index contributed by atoms with van der Waals surface area (Å²) in [5.41, 5.74) is 1.87. The molecule has 0 aliphatic heterocycles. The van der Waals surface area contributed by atoms with E-state index in [0.717, 1.165) is 15.8 Å². The highest BCUT2D eigenvalue weighted by atomic mass is 32.1. The summed E-state index contributed by atoms with van der Waals surface area (Å²) in [6.45, 7) is 1.87. The highest BCUT2D eigenvalue weighted by Gasteiger charge is 2.07. The predicted octanol–water partition coefficient (Wildman–Crippen LogP) is 3.41. The van der Waals surface area contributed by atoms with E-state index in [1.807, 2.05) is 19.1 Å². The number of nitriles is 1. The molecule has 0 aliphatic carbocycles. The average Bonchev–Trinajstić information content (AvgIpc) is 2.48. The van der Waals surface area contributed by atoms with Gasteiger partial charge in [0, 0.05) is 15.5 Å². The van der Waals surface area contributed by atoms with E-state index in [1.54, 1.807) is 0 Å². The molecule has 0 aliphatic rings. The van der Waals surface area contributed by atoms with Gasteiger partial charge in [0.2, 0.25) is 0 Å². The highest BCUT2D eigenvalue weighted by molar-refractivity contribution is 7.17. The van der Waals surface area contributed by atoms with E-state index in [1.165, 1.54) is 16.7 Å². The first-order chi connectivity index (χ1) is 6.72. The Bertz CT molecular complexity index is 522. The van der Waals surface area contributed by atoms with Gasteiger partial charge in [0.05, 0.1) is 12.5 Å². The molecule has 0 saturated heterocycles. The first-order valence-corrected chi connectivity index (χ1v) is 5.13. The normalized spacial score (nSPS) is 10.4. The van der Waals surface area contributed by atoms with Gasteiger partial charge in [-0.2, -0.15) is 5.26 Å². The molecule has 0 bridgehead atoms. The molecule has 0 radical (unpaired) electrons. The molecule has 0 N–H and O–H groups in total. The standard InChI is InChI=1S/C11H8FNS/c1-7-4-8(2-3-13)5-10-11(7)9(12)6-14-10/h4-6H,2H2,1H3. The zero-order chi connectivity index (χ0) is 10.1. The van der Waals surface area contributed by atoms with Crippen LogP contribution in [0.1, 0.15) is 11.1 Å². The van der Waals surface area contributed by atoms with Crippen molar-refractivity contribution in [3.05, 3.63) is 34.5 Å². The smallest absolute Gasteiger partial charge is 0.141 e. The summed E-state index contributed by atoms with van der Waals surface area (Å²) >= 11 is 1.38. The topological polar surface area (TPSA) is 23.8 Å². The Hall–Kier alpha value is -1.40. The second kappa shape index (κ2) is 3.39. The van der Waals surface area contributed by atoms with Crippen LogP contribution in [0.15, 0.2) is 17.5 Å². The van der Waals surface area contributed by atoms with Crippen molar-refractivity contribution in [2.75, 3.05) is 0 Å². The molecule has 0 unspecified atom stereocenters. The van der Waals surface area contributed by atoms with E-state index in [2.05, 4.69) is 6.07 Å². The summed E-state index contributed by atoms with van der Waals surface area (Å²) in [7, 11) is 0. The first kappa shape index (κ1) is 9.17. The minimum absolute atomic E-state index is 0.161. The zero-order valence-corrected chi connectivity index (χ0v) is 8.49. The van der Waals surface area contributed by atoms with Gasteiger partial charge in [-0.05, 0) is 24.1 Å². The van der Waals surface area contributed by atoms with Crippen LogP contribution < -0.4 is 0 Å². The number of nitrogens with zero attached hydrogens (tertiary/aromatic N) is 1. The molecule has 0 spiro atoms. The molecular formula is C11H8FNS. The van der Waals surface area contributed by atoms with Crippen LogP contribution in [0.4, 0.5) is 4.39 Å². The molecule has 1 aromatic carbocycles. The summed E-state index contributed by atoms with van der Waals surface area (Å²) in [6, 6.07) is 5.86. The molecule has 70 valence electrons. The van der Waals surface area contributed by atoms with Crippen LogP contribution in [0.5, 0.6) is 0 Å².